The fraction of sp³-hybridized carbons (Fsp3) is 0.464. The molecule has 3 aromatic rings. The number of nitrogens with one attached hydrogen (secondary N) is 1. The predicted molar refractivity (Wildman–Crippen MR) is 153 cm³/mol. The number of nitrogens with two attached hydrogens (primary N) is 1. The van der Waals surface area contributed by atoms with Crippen LogP contribution in [0.2, 0.25) is 0 Å². The summed E-state index contributed by atoms with van der Waals surface area (Å²) in [5.41, 5.74) is 7.28. The van der Waals surface area contributed by atoms with Gasteiger partial charge < -0.3 is 15.4 Å². The fourth-order valence-corrected chi connectivity index (χ4v) is 6.26. The number of rotatable bonds is 10. The van der Waals surface area contributed by atoms with Crippen LogP contribution in [0.1, 0.15) is 30.9 Å². The summed E-state index contributed by atoms with van der Waals surface area (Å²) in [5, 5.41) is 0.630. The van der Waals surface area contributed by atoms with Crippen LogP contribution in [0.4, 0.5) is 24.7 Å². The van der Waals surface area contributed by atoms with E-state index in [-0.39, 0.29) is 34.8 Å². The monoisotopic (exact) mass is 606 g/mol. The van der Waals surface area contributed by atoms with Crippen LogP contribution >= 0.6 is 0 Å². The summed E-state index contributed by atoms with van der Waals surface area (Å²) in [6, 6.07) is 9.80. The number of carbonyl (C=O) groups excluding carboxylic acids is 1. The number of hydrogen-bond donors (Lipinski definition) is 2. The lowest BCUT2D eigenvalue weighted by atomic mass is 9.72. The third-order valence-corrected chi connectivity index (χ3v) is 9.11. The summed E-state index contributed by atoms with van der Waals surface area (Å²) in [6.07, 6.45) is -1.93. The first-order chi connectivity index (χ1) is 19.8. The van der Waals surface area contributed by atoms with Crippen LogP contribution in [0.15, 0.2) is 42.7 Å². The smallest absolute Gasteiger partial charge is 0.393 e. The Morgan fingerprint density at radius 1 is 1.10 bits per heavy atom. The Kier molecular flexibility index (Phi) is 8.21. The number of anilines is 2. The molecule has 2 fully saturated rings. The van der Waals surface area contributed by atoms with Gasteiger partial charge in [0.1, 0.15) is 17.9 Å². The highest BCUT2D eigenvalue weighted by molar-refractivity contribution is 7.92. The highest BCUT2D eigenvalue weighted by Crippen LogP contribution is 2.44. The van der Waals surface area contributed by atoms with Crippen molar-refractivity contribution in [3.8, 4) is 5.75 Å². The molecule has 0 atom stereocenters. The van der Waals surface area contributed by atoms with E-state index < -0.39 is 28.5 Å². The minimum atomic E-state index is -4.29. The molecule has 2 saturated heterocycles. The molecule has 3 heterocycles. The maximum atomic E-state index is 13.0. The van der Waals surface area contributed by atoms with Crippen molar-refractivity contribution in [1.82, 2.24) is 14.9 Å². The summed E-state index contributed by atoms with van der Waals surface area (Å²) in [7, 11) is -3.54. The summed E-state index contributed by atoms with van der Waals surface area (Å²) < 4.78 is 71.0. The van der Waals surface area contributed by atoms with E-state index in [1.165, 1.54) is 19.3 Å². The van der Waals surface area contributed by atoms with Gasteiger partial charge in [0.25, 0.3) is 5.91 Å². The molecule has 3 N–H and O–H groups in total. The molecule has 0 unspecified atom stereocenters. The quantitative estimate of drug-likeness (QED) is 0.359. The van der Waals surface area contributed by atoms with Crippen molar-refractivity contribution < 1.29 is 31.1 Å². The fourth-order valence-electron chi connectivity index (χ4n) is 5.61. The number of piperidine rings is 1. The standard InChI is InChI=1S/C28H33F3N6O4S/c1-2-42(39,40)35-23-6-4-20(12-24(23)41-15-25(32)38)14-36-9-7-27(8-10-36)16-37(17-27)26-21-11-19(13-28(29,30)31)3-5-22(21)33-18-34-26/h3-6,11-12,18,35H,2,7-10,13-17H2,1H3,(H2,32,38). The molecule has 2 aliphatic rings. The van der Waals surface area contributed by atoms with E-state index in [0.717, 1.165) is 44.6 Å². The van der Waals surface area contributed by atoms with E-state index in [2.05, 4.69) is 24.5 Å². The Bertz CT molecular complexity index is 1570. The molecule has 226 valence electrons. The zero-order chi connectivity index (χ0) is 30.1. The largest absolute Gasteiger partial charge is 0.482 e. The van der Waals surface area contributed by atoms with E-state index in [1.54, 1.807) is 24.3 Å². The van der Waals surface area contributed by atoms with Gasteiger partial charge in [-0.15, -0.1) is 0 Å². The van der Waals surface area contributed by atoms with Crippen LogP contribution in [0.5, 0.6) is 5.75 Å². The van der Waals surface area contributed by atoms with Crippen molar-refractivity contribution in [2.45, 2.75) is 38.9 Å². The SMILES string of the molecule is CCS(=O)(=O)Nc1ccc(CN2CCC3(CC2)CN(c2ncnc4ccc(CC(F)(F)F)cc24)C3)cc1OCC(N)=O. The molecule has 2 aromatic carbocycles. The average Bonchev–Trinajstić information content (AvgIpc) is 2.91. The Hall–Kier alpha value is -3.65. The van der Waals surface area contributed by atoms with Gasteiger partial charge in [-0.25, -0.2) is 18.4 Å². The third kappa shape index (κ3) is 7.04. The highest BCUT2D eigenvalue weighted by atomic mass is 32.2. The van der Waals surface area contributed by atoms with Crippen LogP contribution in [0.25, 0.3) is 10.9 Å². The second kappa shape index (κ2) is 11.6. The minimum Gasteiger partial charge on any atom is -0.482 e. The number of carbonyl (C=O) groups is 1. The van der Waals surface area contributed by atoms with Crippen molar-refractivity contribution in [3.63, 3.8) is 0 Å². The number of sulfonamides is 1. The van der Waals surface area contributed by atoms with E-state index >= 15 is 0 Å². The van der Waals surface area contributed by atoms with Gasteiger partial charge in [-0.2, -0.15) is 13.2 Å². The van der Waals surface area contributed by atoms with Crippen molar-refractivity contribution in [1.29, 1.82) is 0 Å². The molecule has 1 aromatic heterocycles. The molecular formula is C28H33F3N6O4S. The normalized spacial score (nSPS) is 17.3. The average molecular weight is 607 g/mol. The Morgan fingerprint density at radius 2 is 1.81 bits per heavy atom. The van der Waals surface area contributed by atoms with Crippen molar-refractivity contribution in [2.24, 2.45) is 11.1 Å². The van der Waals surface area contributed by atoms with Crippen LogP contribution in [0.3, 0.4) is 0 Å². The van der Waals surface area contributed by atoms with E-state index in [9.17, 15) is 26.4 Å². The number of ether oxygens (including phenoxy) is 1. The summed E-state index contributed by atoms with van der Waals surface area (Å²) in [5.74, 6) is 0.127. The molecule has 2 aliphatic heterocycles. The number of halogens is 3. The van der Waals surface area contributed by atoms with E-state index in [4.69, 9.17) is 10.5 Å². The summed E-state index contributed by atoms with van der Waals surface area (Å²) >= 11 is 0. The van der Waals surface area contributed by atoms with Crippen LogP contribution < -0.4 is 20.1 Å². The van der Waals surface area contributed by atoms with E-state index in [0.29, 0.717) is 23.3 Å². The molecule has 1 amide bonds. The first-order valence-electron chi connectivity index (χ1n) is 13.7. The van der Waals surface area contributed by atoms with Gasteiger partial charge in [0.2, 0.25) is 10.0 Å². The number of nitrogens with zero attached hydrogens (tertiary/aromatic N) is 4. The molecule has 1 spiro atoms. The molecule has 0 aliphatic carbocycles. The second-order valence-electron chi connectivity index (χ2n) is 11.1. The maximum Gasteiger partial charge on any atom is 0.393 e. The number of alkyl halides is 3. The van der Waals surface area contributed by atoms with Crippen LogP contribution in [-0.2, 0) is 27.8 Å². The van der Waals surface area contributed by atoms with Crippen LogP contribution in [0, 0.1) is 5.41 Å². The Balaban J connectivity index is 1.22. The lowest BCUT2D eigenvalue weighted by molar-refractivity contribution is -0.127. The first kappa shape index (κ1) is 29.8. The van der Waals surface area contributed by atoms with Gasteiger partial charge in [0.05, 0.1) is 23.4 Å². The van der Waals surface area contributed by atoms with Crippen molar-refractivity contribution >= 4 is 38.3 Å². The van der Waals surface area contributed by atoms with Crippen molar-refractivity contribution in [3.05, 3.63) is 53.9 Å². The summed E-state index contributed by atoms with van der Waals surface area (Å²) in [6.45, 7) is 4.99. The Labute approximate surface area is 242 Å². The maximum absolute atomic E-state index is 13.0. The highest BCUT2D eigenvalue weighted by Gasteiger charge is 2.45. The molecule has 0 radical (unpaired) electrons. The molecule has 5 rings (SSSR count). The summed E-state index contributed by atoms with van der Waals surface area (Å²) in [4.78, 5) is 24.4. The number of aromatic nitrogens is 2. The lowest BCUT2D eigenvalue weighted by Gasteiger charge is -2.54. The van der Waals surface area contributed by atoms with Gasteiger partial charge in [-0.3, -0.25) is 14.4 Å². The van der Waals surface area contributed by atoms with E-state index in [1.807, 2.05) is 6.07 Å². The second-order valence-corrected chi connectivity index (χ2v) is 13.1. The zero-order valence-corrected chi connectivity index (χ0v) is 24.0. The number of likely N-dealkylation sites (tertiary alicyclic amines) is 1. The zero-order valence-electron chi connectivity index (χ0n) is 23.2. The van der Waals surface area contributed by atoms with Crippen LogP contribution in [-0.4, -0.2) is 73.9 Å². The molecule has 10 nitrogen and oxygen atoms in total. The lowest BCUT2D eigenvalue weighted by Crippen LogP contribution is -2.60. The van der Waals surface area contributed by atoms with Crippen molar-refractivity contribution in [2.75, 3.05) is 48.2 Å². The van der Waals surface area contributed by atoms with Gasteiger partial charge in [-0.1, -0.05) is 12.1 Å². The molecule has 0 saturated carbocycles. The third-order valence-electron chi connectivity index (χ3n) is 7.82. The number of amides is 1. The molecular weight excluding hydrogens is 573 g/mol. The van der Waals surface area contributed by atoms with Gasteiger partial charge >= 0.3 is 6.18 Å². The minimum absolute atomic E-state index is 0.107. The topological polar surface area (TPSA) is 131 Å². The Morgan fingerprint density at radius 3 is 2.48 bits per heavy atom. The predicted octanol–water partition coefficient (Wildman–Crippen LogP) is 3.46. The van der Waals surface area contributed by atoms with Gasteiger partial charge in [0.15, 0.2) is 6.61 Å². The molecule has 14 heteroatoms. The number of primary amides is 1. The molecule has 42 heavy (non-hydrogen) atoms. The number of fused-ring (bicyclic) bond motifs is 1. The first-order valence-corrected chi connectivity index (χ1v) is 15.3. The molecule has 0 bridgehead atoms. The van der Waals surface area contributed by atoms with Gasteiger partial charge in [-0.05, 0) is 68.2 Å². The number of benzene rings is 2. The van der Waals surface area contributed by atoms with Gasteiger partial charge in [0, 0.05) is 30.4 Å². The number of hydrogen-bond acceptors (Lipinski definition) is 8.